The molecule has 2 N–H and O–H groups in total. The van der Waals surface area contributed by atoms with Crippen LogP contribution in [-0.4, -0.2) is 31.8 Å². The highest BCUT2D eigenvalue weighted by atomic mass is 32.1. The van der Waals surface area contributed by atoms with Gasteiger partial charge in [0, 0.05) is 17.0 Å². The fourth-order valence-corrected chi connectivity index (χ4v) is 2.98. The molecule has 32 heavy (non-hydrogen) atoms. The second-order valence-electron chi connectivity index (χ2n) is 6.55. The Bertz CT molecular complexity index is 1120. The lowest BCUT2D eigenvalue weighted by Crippen LogP contribution is -2.10. The highest BCUT2D eigenvalue weighted by molar-refractivity contribution is 7.80. The second-order valence-corrected chi connectivity index (χ2v) is 7.07. The van der Waals surface area contributed by atoms with Crippen LogP contribution in [0.2, 0.25) is 0 Å². The summed E-state index contributed by atoms with van der Waals surface area (Å²) < 4.78 is 22.7. The highest BCUT2D eigenvalue weighted by Crippen LogP contribution is 2.31. The molecule has 0 fully saturated rings. The largest absolute Gasteiger partial charge is 0.494 e. The van der Waals surface area contributed by atoms with E-state index in [0.717, 1.165) is 16.7 Å². The summed E-state index contributed by atoms with van der Waals surface area (Å²) in [5.74, 6) is -0.679. The molecule has 0 atom stereocenters. The molecule has 0 spiro atoms. The van der Waals surface area contributed by atoms with Gasteiger partial charge in [0.25, 0.3) is 0 Å². The minimum Gasteiger partial charge on any atom is -0.494 e. The Morgan fingerprint density at radius 2 is 1.91 bits per heavy atom. The number of nitriles is 1. The Morgan fingerprint density at radius 3 is 2.53 bits per heavy atom. The van der Waals surface area contributed by atoms with E-state index in [4.69, 9.17) is 19.8 Å². The van der Waals surface area contributed by atoms with Gasteiger partial charge in [-0.1, -0.05) is 18.2 Å². The average molecular weight is 455 g/mol. The van der Waals surface area contributed by atoms with Gasteiger partial charge in [-0.25, -0.2) is 9.18 Å². The van der Waals surface area contributed by atoms with Gasteiger partial charge in [-0.3, -0.25) is 0 Å². The van der Waals surface area contributed by atoms with E-state index < -0.39 is 12.6 Å². The Kier molecular flexibility index (Phi) is 9.54. The maximum atomic E-state index is 12.7. The maximum Gasteiger partial charge on any atom is 0.341 e. The van der Waals surface area contributed by atoms with Crippen molar-refractivity contribution in [1.29, 1.82) is 5.26 Å². The number of halogens is 1. The molecule has 0 amide bonds. The predicted molar refractivity (Wildman–Crippen MR) is 123 cm³/mol. The molecule has 0 aromatic heterocycles. The lowest BCUT2D eigenvalue weighted by molar-refractivity contribution is -0.139. The first-order valence-electron chi connectivity index (χ1n) is 9.53. The normalized spacial score (nSPS) is 9.84. The smallest absolute Gasteiger partial charge is 0.341 e. The summed E-state index contributed by atoms with van der Waals surface area (Å²) in [6.07, 6.45) is 0. The number of carboxylic acids is 1. The third-order valence-corrected chi connectivity index (χ3v) is 4.49. The molecule has 6 nitrogen and oxygen atoms in total. The monoisotopic (exact) mass is 454 g/mol. The number of hydrogen-bond acceptors (Lipinski definition) is 6. The zero-order valence-electron chi connectivity index (χ0n) is 17.6. The van der Waals surface area contributed by atoms with E-state index in [-0.39, 0.29) is 11.6 Å². The summed E-state index contributed by atoms with van der Waals surface area (Å²) in [6.45, 7) is 0.278. The van der Waals surface area contributed by atoms with E-state index in [2.05, 4.69) is 24.0 Å². The van der Waals surface area contributed by atoms with Crippen molar-refractivity contribution in [2.75, 3.05) is 20.8 Å². The number of aliphatic carboxylic acids is 1. The molecular formula is C24H23FN2O4S. The summed E-state index contributed by atoms with van der Waals surface area (Å²) in [7, 11) is 3.28. The van der Waals surface area contributed by atoms with Crippen molar-refractivity contribution in [3.05, 3.63) is 77.6 Å². The van der Waals surface area contributed by atoms with Crippen molar-refractivity contribution in [3.63, 3.8) is 0 Å². The molecule has 0 heterocycles. The molecule has 0 unspecified atom stereocenters. The lowest BCUT2D eigenvalue weighted by Gasteiger charge is -2.13. The number of nitrogens with one attached hydrogen (secondary N) is 1. The van der Waals surface area contributed by atoms with Crippen LogP contribution in [0.4, 0.5) is 4.39 Å². The van der Waals surface area contributed by atoms with Gasteiger partial charge in [0.15, 0.2) is 18.2 Å². The third kappa shape index (κ3) is 7.30. The first kappa shape index (κ1) is 24.7. The fraction of sp³-hybridized carbons (Fsp3) is 0.167. The first-order chi connectivity index (χ1) is 15.4. The molecule has 3 aromatic rings. The molecule has 8 heteroatoms. The van der Waals surface area contributed by atoms with Crippen LogP contribution in [-0.2, 0) is 11.3 Å². The number of thiol groups is 1. The zero-order chi connectivity index (χ0) is 23.5. The summed E-state index contributed by atoms with van der Waals surface area (Å²) in [4.78, 5) is 11.3. The van der Waals surface area contributed by atoms with E-state index in [0.29, 0.717) is 22.8 Å². The van der Waals surface area contributed by atoms with E-state index in [9.17, 15) is 9.18 Å². The molecule has 0 aliphatic heterocycles. The van der Waals surface area contributed by atoms with E-state index >= 15 is 0 Å². The number of carbonyl (C=O) groups is 1. The first-order valence-corrected chi connectivity index (χ1v) is 9.97. The van der Waals surface area contributed by atoms with Crippen molar-refractivity contribution in [1.82, 2.24) is 5.32 Å². The molecule has 0 aliphatic rings. The number of hydrogen-bond donors (Lipinski definition) is 3. The Labute approximate surface area is 191 Å². The van der Waals surface area contributed by atoms with Crippen molar-refractivity contribution >= 4 is 18.6 Å². The number of rotatable bonds is 7. The van der Waals surface area contributed by atoms with Gasteiger partial charge in [-0.15, -0.1) is 12.6 Å². The van der Waals surface area contributed by atoms with Crippen molar-refractivity contribution < 1.29 is 23.8 Å². The van der Waals surface area contributed by atoms with Crippen molar-refractivity contribution in [2.45, 2.75) is 11.4 Å². The molecular weight excluding hydrogens is 431 g/mol. The van der Waals surface area contributed by atoms with Crippen LogP contribution >= 0.6 is 12.6 Å². The number of methoxy groups -OCH3 is 1. The Balaban J connectivity index is 0.000000303. The number of ether oxygens (including phenoxy) is 2. The van der Waals surface area contributed by atoms with Crippen LogP contribution < -0.4 is 14.8 Å². The van der Waals surface area contributed by atoms with Crippen LogP contribution in [0.1, 0.15) is 11.1 Å². The molecule has 0 bridgehead atoms. The van der Waals surface area contributed by atoms with Crippen LogP contribution in [0.5, 0.6) is 11.5 Å². The molecule has 3 rings (SSSR count). The molecule has 0 saturated heterocycles. The zero-order valence-corrected chi connectivity index (χ0v) is 18.5. The van der Waals surface area contributed by atoms with Gasteiger partial charge < -0.3 is 19.9 Å². The third-order valence-electron chi connectivity index (χ3n) is 4.21. The molecule has 0 aliphatic carbocycles. The van der Waals surface area contributed by atoms with Crippen molar-refractivity contribution in [2.24, 2.45) is 0 Å². The van der Waals surface area contributed by atoms with Gasteiger partial charge in [-0.2, -0.15) is 5.26 Å². The van der Waals surface area contributed by atoms with Crippen LogP contribution in [0, 0.1) is 17.1 Å². The van der Waals surface area contributed by atoms with Crippen LogP contribution in [0.25, 0.3) is 11.1 Å². The number of nitrogens with zero attached hydrogens (tertiary/aromatic N) is 1. The molecule has 0 radical (unpaired) electrons. The molecule has 0 saturated carbocycles. The van der Waals surface area contributed by atoms with Gasteiger partial charge in [-0.05, 0) is 60.6 Å². The van der Waals surface area contributed by atoms with Crippen molar-refractivity contribution in [3.8, 4) is 28.7 Å². The fourth-order valence-electron chi connectivity index (χ4n) is 2.79. The standard InChI is InChI=1S/C17H16N2O3.C7H7FOS/c1-19-10-13-5-6-16(22-11-17(20)21)15(8-13)14-4-2-3-12(7-14)9-18;1-9-7-3-2-5(10)4-6(7)8/h2-8,19H,10-11H2,1H3,(H,20,21);2-4,10H,1H3. The minimum absolute atomic E-state index is 0.248. The predicted octanol–water partition coefficient (Wildman–Crippen LogP) is 4.53. The van der Waals surface area contributed by atoms with Gasteiger partial charge in [0.05, 0.1) is 18.7 Å². The van der Waals surface area contributed by atoms with Crippen LogP contribution in [0.3, 0.4) is 0 Å². The number of carboxylic acid groups (broad SMARTS) is 1. The van der Waals surface area contributed by atoms with E-state index in [1.54, 1.807) is 30.3 Å². The van der Waals surface area contributed by atoms with E-state index in [1.165, 1.54) is 19.2 Å². The van der Waals surface area contributed by atoms with Gasteiger partial charge in [0.2, 0.25) is 0 Å². The summed E-state index contributed by atoms with van der Waals surface area (Å²) in [5.41, 5.74) is 3.17. The number of benzene rings is 3. The summed E-state index contributed by atoms with van der Waals surface area (Å²) >= 11 is 3.94. The average Bonchev–Trinajstić information content (AvgIpc) is 2.79. The minimum atomic E-state index is -1.03. The summed E-state index contributed by atoms with van der Waals surface area (Å²) in [5, 5.41) is 20.9. The second kappa shape index (κ2) is 12.3. The molecule has 3 aromatic carbocycles. The Morgan fingerprint density at radius 1 is 1.16 bits per heavy atom. The Hall–Kier alpha value is -3.54. The summed E-state index contributed by atoms with van der Waals surface area (Å²) in [6, 6.07) is 19.3. The maximum absolute atomic E-state index is 12.7. The van der Waals surface area contributed by atoms with Gasteiger partial charge in [0.1, 0.15) is 5.75 Å². The molecule has 166 valence electrons. The highest BCUT2D eigenvalue weighted by Gasteiger charge is 2.10. The van der Waals surface area contributed by atoms with Crippen LogP contribution in [0.15, 0.2) is 65.6 Å². The lowest BCUT2D eigenvalue weighted by atomic mass is 10.00. The quantitative estimate of drug-likeness (QED) is 0.455. The van der Waals surface area contributed by atoms with Gasteiger partial charge >= 0.3 is 5.97 Å². The SMILES string of the molecule is CNCc1ccc(OCC(=O)O)c(-c2cccc(C#N)c2)c1.COc1ccc(S)cc1F. The van der Waals surface area contributed by atoms with E-state index in [1.807, 2.05) is 25.2 Å². The topological polar surface area (TPSA) is 91.6 Å².